The summed E-state index contributed by atoms with van der Waals surface area (Å²) in [6.07, 6.45) is 4.17. The van der Waals surface area contributed by atoms with E-state index in [-0.39, 0.29) is 39.8 Å². The van der Waals surface area contributed by atoms with Crippen LogP contribution in [0.15, 0.2) is 71.6 Å². The van der Waals surface area contributed by atoms with Gasteiger partial charge in [0.25, 0.3) is 10.0 Å². The van der Waals surface area contributed by atoms with E-state index in [9.17, 15) is 18.0 Å². The van der Waals surface area contributed by atoms with Gasteiger partial charge in [-0.05, 0) is 68.1 Å². The second kappa shape index (κ2) is 14.5. The first-order chi connectivity index (χ1) is 20.5. The number of amides is 2. The zero-order valence-electron chi connectivity index (χ0n) is 24.6. The number of nitrogens with one attached hydrogen (secondary N) is 1. The number of anilines is 1. The summed E-state index contributed by atoms with van der Waals surface area (Å²) in [6.45, 7) is 3.09. The van der Waals surface area contributed by atoms with Gasteiger partial charge in [-0.2, -0.15) is 0 Å². The Hall–Kier alpha value is -3.27. The van der Waals surface area contributed by atoms with E-state index in [0.717, 1.165) is 35.6 Å². The van der Waals surface area contributed by atoms with Crippen LogP contribution < -0.4 is 14.4 Å². The minimum absolute atomic E-state index is 0.00315. The molecule has 1 atom stereocenters. The van der Waals surface area contributed by atoms with Crippen molar-refractivity contribution in [3.8, 4) is 5.75 Å². The van der Waals surface area contributed by atoms with E-state index in [1.807, 2.05) is 13.8 Å². The number of ether oxygens (including phenoxy) is 1. The quantitative estimate of drug-likeness (QED) is 0.247. The molecule has 1 N–H and O–H groups in total. The van der Waals surface area contributed by atoms with Crippen LogP contribution in [-0.4, -0.2) is 50.9 Å². The van der Waals surface area contributed by atoms with Gasteiger partial charge < -0.3 is 15.0 Å². The van der Waals surface area contributed by atoms with Crippen molar-refractivity contribution in [3.05, 3.63) is 87.9 Å². The predicted octanol–water partition coefficient (Wildman–Crippen LogP) is 6.37. The van der Waals surface area contributed by atoms with Crippen molar-refractivity contribution in [2.45, 2.75) is 69.5 Å². The van der Waals surface area contributed by atoms with Gasteiger partial charge in [0, 0.05) is 22.6 Å². The van der Waals surface area contributed by atoms with Crippen molar-refractivity contribution in [2.75, 3.05) is 18.0 Å². The van der Waals surface area contributed by atoms with Crippen LogP contribution in [0.2, 0.25) is 10.0 Å². The van der Waals surface area contributed by atoms with Crippen molar-refractivity contribution in [1.29, 1.82) is 0 Å². The topological polar surface area (TPSA) is 96.0 Å². The summed E-state index contributed by atoms with van der Waals surface area (Å²) in [5.74, 6) is -0.634. The van der Waals surface area contributed by atoms with Crippen LogP contribution in [0, 0.1) is 6.92 Å². The fraction of sp³-hybridized carbons (Fsp3) is 0.375. The maximum absolute atomic E-state index is 14.3. The molecule has 1 aliphatic rings. The lowest BCUT2D eigenvalue weighted by molar-refractivity contribution is -0.140. The Kier molecular flexibility index (Phi) is 11.0. The van der Waals surface area contributed by atoms with Crippen LogP contribution in [0.3, 0.4) is 0 Å². The Labute approximate surface area is 264 Å². The van der Waals surface area contributed by atoms with E-state index >= 15 is 0 Å². The molecule has 3 aromatic carbocycles. The first-order valence-corrected chi connectivity index (χ1v) is 16.5. The minimum atomic E-state index is -4.28. The lowest BCUT2D eigenvalue weighted by Crippen LogP contribution is -2.53. The molecular formula is C32H37Cl2N3O5S. The van der Waals surface area contributed by atoms with E-state index in [2.05, 4.69) is 5.32 Å². The van der Waals surface area contributed by atoms with Gasteiger partial charge in [0.05, 0.1) is 17.7 Å². The van der Waals surface area contributed by atoms with Crippen LogP contribution >= 0.6 is 23.2 Å². The number of hydrogen-bond acceptors (Lipinski definition) is 5. The van der Waals surface area contributed by atoms with Gasteiger partial charge in [-0.25, -0.2) is 8.42 Å². The number of carbonyl (C=O) groups is 2. The number of rotatable bonds is 12. The van der Waals surface area contributed by atoms with Crippen molar-refractivity contribution in [1.82, 2.24) is 10.2 Å². The molecule has 11 heteroatoms. The number of carbonyl (C=O) groups excluding carboxylic acids is 2. The molecule has 0 bridgehead atoms. The second-order valence-corrected chi connectivity index (χ2v) is 13.4. The lowest BCUT2D eigenvalue weighted by Gasteiger charge is -2.34. The zero-order chi connectivity index (χ0) is 31.1. The molecule has 1 saturated carbocycles. The molecule has 0 aromatic heterocycles. The van der Waals surface area contributed by atoms with Crippen LogP contribution in [-0.2, 0) is 26.2 Å². The van der Waals surface area contributed by atoms with Crippen molar-refractivity contribution in [3.63, 3.8) is 0 Å². The molecule has 0 radical (unpaired) electrons. The summed E-state index contributed by atoms with van der Waals surface area (Å²) in [7, 11) is -2.87. The normalized spacial score (nSPS) is 14.3. The fourth-order valence-corrected chi connectivity index (χ4v) is 7.08. The first kappa shape index (κ1) is 32.6. The molecule has 1 aliphatic carbocycles. The number of aryl methyl sites for hydroxylation is 1. The fourth-order valence-electron chi connectivity index (χ4n) is 5.31. The Balaban J connectivity index is 1.77. The third-order valence-electron chi connectivity index (χ3n) is 7.68. The zero-order valence-corrected chi connectivity index (χ0v) is 26.9. The molecular weight excluding hydrogens is 609 g/mol. The number of hydrogen-bond donors (Lipinski definition) is 1. The molecule has 3 aromatic rings. The first-order valence-electron chi connectivity index (χ1n) is 14.3. The highest BCUT2D eigenvalue weighted by Crippen LogP contribution is 2.35. The highest BCUT2D eigenvalue weighted by atomic mass is 35.5. The molecule has 1 fully saturated rings. The lowest BCUT2D eigenvalue weighted by atomic mass is 10.1. The second-order valence-electron chi connectivity index (χ2n) is 10.7. The van der Waals surface area contributed by atoms with Gasteiger partial charge in [-0.1, -0.05) is 78.9 Å². The molecule has 43 heavy (non-hydrogen) atoms. The number of nitrogens with zero attached hydrogens (tertiary/aromatic N) is 2. The monoisotopic (exact) mass is 645 g/mol. The molecule has 0 unspecified atom stereocenters. The number of halogens is 2. The molecule has 4 rings (SSSR count). The molecule has 2 amide bonds. The van der Waals surface area contributed by atoms with Crippen LogP contribution in [0.1, 0.15) is 50.2 Å². The third-order valence-corrected chi connectivity index (χ3v) is 10.1. The minimum Gasteiger partial charge on any atom is -0.495 e. The van der Waals surface area contributed by atoms with E-state index in [1.165, 1.54) is 30.2 Å². The van der Waals surface area contributed by atoms with Crippen molar-refractivity contribution in [2.24, 2.45) is 0 Å². The van der Waals surface area contributed by atoms with Crippen LogP contribution in [0.25, 0.3) is 0 Å². The molecule has 0 heterocycles. The standard InChI is InChI=1S/C32H37Cl2N3O5S/c1-4-28(32(39)35-25-10-6-7-11-25)36(20-23-9-5-8-12-27(23)34)31(38)21-37(29-19-24(33)15-18-30(29)42-3)43(40,41)26-16-13-22(2)14-17-26/h5,8-9,12-19,25,28H,4,6-7,10-11,20-21H2,1-3H3,(H,35,39)/t28-/m1/s1. The smallest absolute Gasteiger partial charge is 0.264 e. The van der Waals surface area contributed by atoms with Gasteiger partial charge in [0.1, 0.15) is 18.3 Å². The highest BCUT2D eigenvalue weighted by molar-refractivity contribution is 7.92. The van der Waals surface area contributed by atoms with Crippen LogP contribution in [0.5, 0.6) is 5.75 Å². The van der Waals surface area contributed by atoms with E-state index < -0.39 is 28.5 Å². The number of benzene rings is 3. The van der Waals surface area contributed by atoms with Gasteiger partial charge in [-0.3, -0.25) is 13.9 Å². The van der Waals surface area contributed by atoms with Crippen molar-refractivity contribution >= 4 is 50.7 Å². The van der Waals surface area contributed by atoms with Gasteiger partial charge in [0.2, 0.25) is 11.8 Å². The molecule has 8 nitrogen and oxygen atoms in total. The summed E-state index contributed by atoms with van der Waals surface area (Å²) >= 11 is 12.8. The van der Waals surface area contributed by atoms with E-state index in [1.54, 1.807) is 48.5 Å². The van der Waals surface area contributed by atoms with Crippen molar-refractivity contribution < 1.29 is 22.7 Å². The molecule has 0 saturated heterocycles. The Morgan fingerprint density at radius 2 is 1.70 bits per heavy atom. The summed E-state index contributed by atoms with van der Waals surface area (Å²) in [5, 5.41) is 3.81. The Morgan fingerprint density at radius 1 is 1.02 bits per heavy atom. The van der Waals surface area contributed by atoms with E-state index in [0.29, 0.717) is 17.0 Å². The SMILES string of the molecule is CC[C@H](C(=O)NC1CCCC1)N(Cc1ccccc1Cl)C(=O)CN(c1cc(Cl)ccc1OC)S(=O)(=O)c1ccc(C)cc1. The predicted molar refractivity (Wildman–Crippen MR) is 170 cm³/mol. The number of methoxy groups -OCH3 is 1. The number of sulfonamides is 1. The highest BCUT2D eigenvalue weighted by Gasteiger charge is 2.35. The molecule has 230 valence electrons. The van der Waals surface area contributed by atoms with Gasteiger partial charge in [0.15, 0.2) is 0 Å². The maximum Gasteiger partial charge on any atom is 0.264 e. The summed E-state index contributed by atoms with van der Waals surface area (Å²) < 4.78 is 34.8. The van der Waals surface area contributed by atoms with Gasteiger partial charge >= 0.3 is 0 Å². The van der Waals surface area contributed by atoms with Gasteiger partial charge in [-0.15, -0.1) is 0 Å². The Bertz CT molecular complexity index is 1540. The average Bonchev–Trinajstić information content (AvgIpc) is 3.49. The molecule has 0 spiro atoms. The largest absolute Gasteiger partial charge is 0.495 e. The van der Waals surface area contributed by atoms with E-state index in [4.69, 9.17) is 27.9 Å². The third kappa shape index (κ3) is 7.82. The maximum atomic E-state index is 14.3. The Morgan fingerprint density at radius 3 is 2.33 bits per heavy atom. The van der Waals surface area contributed by atoms with Crippen LogP contribution in [0.4, 0.5) is 5.69 Å². The summed E-state index contributed by atoms with van der Waals surface area (Å²) in [5.41, 5.74) is 1.62. The average molecular weight is 647 g/mol. The summed E-state index contributed by atoms with van der Waals surface area (Å²) in [4.78, 5) is 29.3. The molecule has 0 aliphatic heterocycles. The summed E-state index contributed by atoms with van der Waals surface area (Å²) in [6, 6.07) is 17.2.